The van der Waals surface area contributed by atoms with Gasteiger partial charge in [0.1, 0.15) is 0 Å². The minimum Gasteiger partial charge on any atom is -0.397 e. The summed E-state index contributed by atoms with van der Waals surface area (Å²) < 4.78 is 0. The highest BCUT2D eigenvalue weighted by atomic mass is 15.1. The predicted molar refractivity (Wildman–Crippen MR) is 48.7 cm³/mol. The van der Waals surface area contributed by atoms with Crippen molar-refractivity contribution in [2.24, 2.45) is 0 Å². The molecular formula is C8H14N4. The Morgan fingerprint density at radius 1 is 1.50 bits per heavy atom. The summed E-state index contributed by atoms with van der Waals surface area (Å²) in [6, 6.07) is 1.86. The Morgan fingerprint density at radius 2 is 2.25 bits per heavy atom. The lowest BCUT2D eigenvalue weighted by Crippen LogP contribution is -2.15. The second-order valence-electron chi connectivity index (χ2n) is 3.03. The fraction of sp³-hybridized carbons (Fsp3) is 0.500. The molecule has 0 amide bonds. The van der Waals surface area contributed by atoms with E-state index in [4.69, 9.17) is 5.73 Å². The Bertz CT molecular complexity index is 247. The average Bonchev–Trinajstić information content (AvgIpc) is 2.01. The van der Waals surface area contributed by atoms with Gasteiger partial charge >= 0.3 is 0 Å². The van der Waals surface area contributed by atoms with Crippen molar-refractivity contribution in [1.29, 1.82) is 0 Å². The second-order valence-corrected chi connectivity index (χ2v) is 3.03. The van der Waals surface area contributed by atoms with E-state index in [1.165, 1.54) is 0 Å². The third-order valence-electron chi connectivity index (χ3n) is 1.54. The van der Waals surface area contributed by atoms with Crippen molar-refractivity contribution in [2.75, 3.05) is 26.4 Å². The largest absolute Gasteiger partial charge is 0.397 e. The van der Waals surface area contributed by atoms with E-state index in [1.807, 2.05) is 20.2 Å². The molecule has 12 heavy (non-hydrogen) atoms. The molecule has 0 unspecified atom stereocenters. The maximum absolute atomic E-state index is 5.55. The highest BCUT2D eigenvalue weighted by Crippen LogP contribution is 2.01. The number of aromatic nitrogens is 2. The fourth-order valence-corrected chi connectivity index (χ4v) is 0.889. The van der Waals surface area contributed by atoms with Crippen molar-refractivity contribution in [2.45, 2.75) is 6.42 Å². The van der Waals surface area contributed by atoms with Crippen LogP contribution in [0.4, 0.5) is 5.69 Å². The fourth-order valence-electron chi connectivity index (χ4n) is 0.889. The maximum atomic E-state index is 5.55. The lowest BCUT2D eigenvalue weighted by Gasteiger charge is -2.07. The van der Waals surface area contributed by atoms with Crippen LogP contribution in [0.2, 0.25) is 0 Å². The number of likely N-dealkylation sites (N-methyl/N-ethyl adjacent to an activating group) is 1. The zero-order chi connectivity index (χ0) is 8.97. The first kappa shape index (κ1) is 8.93. The molecule has 0 radical (unpaired) electrons. The molecule has 0 aliphatic heterocycles. The summed E-state index contributed by atoms with van der Waals surface area (Å²) in [5, 5.41) is 7.72. The minimum atomic E-state index is 0.679. The van der Waals surface area contributed by atoms with Crippen LogP contribution in [0.5, 0.6) is 0 Å². The van der Waals surface area contributed by atoms with Gasteiger partial charge in [0.25, 0.3) is 0 Å². The SMILES string of the molecule is CN(C)CCc1cc(N)cnn1. The van der Waals surface area contributed by atoms with Crippen molar-refractivity contribution in [3.05, 3.63) is 18.0 Å². The molecule has 0 bridgehead atoms. The topological polar surface area (TPSA) is 55.0 Å². The zero-order valence-electron chi connectivity index (χ0n) is 7.49. The number of rotatable bonds is 3. The molecule has 1 rings (SSSR count). The van der Waals surface area contributed by atoms with Gasteiger partial charge in [-0.05, 0) is 20.2 Å². The van der Waals surface area contributed by atoms with Crippen molar-refractivity contribution in [1.82, 2.24) is 15.1 Å². The standard InChI is InChI=1S/C8H14N4/c1-12(2)4-3-8-5-7(9)6-10-11-8/h5-6H,3-4H2,1-2H3,(H2,9,11). The van der Waals surface area contributed by atoms with Gasteiger partial charge in [-0.15, -0.1) is 0 Å². The van der Waals surface area contributed by atoms with E-state index in [1.54, 1.807) is 6.20 Å². The van der Waals surface area contributed by atoms with E-state index in [-0.39, 0.29) is 0 Å². The summed E-state index contributed by atoms with van der Waals surface area (Å²) >= 11 is 0. The molecule has 0 saturated carbocycles. The van der Waals surface area contributed by atoms with Gasteiger partial charge in [0.15, 0.2) is 0 Å². The Labute approximate surface area is 72.4 Å². The lowest BCUT2D eigenvalue weighted by atomic mass is 10.3. The molecule has 0 aromatic carbocycles. The van der Waals surface area contributed by atoms with Crippen LogP contribution in [-0.2, 0) is 6.42 Å². The highest BCUT2D eigenvalue weighted by molar-refractivity contribution is 5.34. The summed E-state index contributed by atoms with van der Waals surface area (Å²) in [5.41, 5.74) is 7.18. The molecule has 4 nitrogen and oxygen atoms in total. The van der Waals surface area contributed by atoms with E-state index < -0.39 is 0 Å². The average molecular weight is 166 g/mol. The zero-order valence-corrected chi connectivity index (χ0v) is 7.49. The Morgan fingerprint density at radius 3 is 2.83 bits per heavy atom. The van der Waals surface area contributed by atoms with Gasteiger partial charge in [0, 0.05) is 13.0 Å². The van der Waals surface area contributed by atoms with Crippen LogP contribution in [-0.4, -0.2) is 35.7 Å². The number of hydrogen-bond acceptors (Lipinski definition) is 4. The van der Waals surface area contributed by atoms with Crippen LogP contribution in [0.15, 0.2) is 12.3 Å². The summed E-state index contributed by atoms with van der Waals surface area (Å²) in [7, 11) is 4.06. The van der Waals surface area contributed by atoms with Crippen LogP contribution < -0.4 is 5.73 Å². The van der Waals surface area contributed by atoms with Crippen LogP contribution >= 0.6 is 0 Å². The molecule has 66 valence electrons. The first-order valence-electron chi connectivity index (χ1n) is 3.90. The van der Waals surface area contributed by atoms with Crippen LogP contribution in [0.25, 0.3) is 0 Å². The molecule has 0 aliphatic rings. The lowest BCUT2D eigenvalue weighted by molar-refractivity contribution is 0.411. The first-order chi connectivity index (χ1) is 5.68. The quantitative estimate of drug-likeness (QED) is 0.695. The van der Waals surface area contributed by atoms with E-state index in [0.717, 1.165) is 18.7 Å². The van der Waals surface area contributed by atoms with Crippen molar-refractivity contribution in [3.63, 3.8) is 0 Å². The van der Waals surface area contributed by atoms with Gasteiger partial charge in [-0.1, -0.05) is 0 Å². The molecule has 0 spiro atoms. The highest BCUT2D eigenvalue weighted by Gasteiger charge is 1.96. The molecule has 4 heteroatoms. The number of anilines is 1. The number of nitrogens with zero attached hydrogens (tertiary/aromatic N) is 3. The number of hydrogen-bond donors (Lipinski definition) is 1. The van der Waals surface area contributed by atoms with Gasteiger partial charge in [0.05, 0.1) is 17.6 Å². The summed E-state index contributed by atoms with van der Waals surface area (Å²) in [6.45, 7) is 0.970. The second kappa shape index (κ2) is 4.01. The molecule has 1 heterocycles. The molecular weight excluding hydrogens is 152 g/mol. The smallest absolute Gasteiger partial charge is 0.0726 e. The van der Waals surface area contributed by atoms with Gasteiger partial charge in [-0.25, -0.2) is 0 Å². The molecule has 0 saturated heterocycles. The molecule has 1 aromatic rings. The molecule has 0 atom stereocenters. The van der Waals surface area contributed by atoms with Crippen molar-refractivity contribution >= 4 is 5.69 Å². The maximum Gasteiger partial charge on any atom is 0.0726 e. The summed E-state index contributed by atoms with van der Waals surface area (Å²) in [5.74, 6) is 0. The van der Waals surface area contributed by atoms with E-state index in [2.05, 4.69) is 15.1 Å². The van der Waals surface area contributed by atoms with Gasteiger partial charge in [-0.2, -0.15) is 10.2 Å². The molecule has 2 N–H and O–H groups in total. The number of nitrogen functional groups attached to an aromatic ring is 1. The molecule has 0 fully saturated rings. The summed E-state index contributed by atoms with van der Waals surface area (Å²) in [6.07, 6.45) is 2.45. The normalized spacial score (nSPS) is 10.6. The first-order valence-corrected chi connectivity index (χ1v) is 3.90. The van der Waals surface area contributed by atoms with Gasteiger partial charge in [-0.3, -0.25) is 0 Å². The Kier molecular flexibility index (Phi) is 2.99. The van der Waals surface area contributed by atoms with E-state index in [0.29, 0.717) is 5.69 Å². The van der Waals surface area contributed by atoms with Crippen molar-refractivity contribution in [3.8, 4) is 0 Å². The van der Waals surface area contributed by atoms with Crippen molar-refractivity contribution < 1.29 is 0 Å². The van der Waals surface area contributed by atoms with E-state index in [9.17, 15) is 0 Å². The van der Waals surface area contributed by atoms with Crippen LogP contribution in [0.3, 0.4) is 0 Å². The van der Waals surface area contributed by atoms with Crippen LogP contribution in [0, 0.1) is 0 Å². The predicted octanol–water partition coefficient (Wildman–Crippen LogP) is 0.163. The third kappa shape index (κ3) is 2.84. The third-order valence-corrected chi connectivity index (χ3v) is 1.54. The van der Waals surface area contributed by atoms with Gasteiger partial charge < -0.3 is 10.6 Å². The van der Waals surface area contributed by atoms with E-state index >= 15 is 0 Å². The molecule has 0 aliphatic carbocycles. The molecule has 1 aromatic heterocycles. The van der Waals surface area contributed by atoms with Crippen LogP contribution in [0.1, 0.15) is 5.69 Å². The summed E-state index contributed by atoms with van der Waals surface area (Å²) in [4.78, 5) is 2.10. The minimum absolute atomic E-state index is 0.679. The number of nitrogens with two attached hydrogens (primary N) is 1. The Balaban J connectivity index is 2.52. The monoisotopic (exact) mass is 166 g/mol. The Hall–Kier alpha value is -1.16. The van der Waals surface area contributed by atoms with Gasteiger partial charge in [0.2, 0.25) is 0 Å².